The highest BCUT2D eigenvalue weighted by atomic mass is 16.5. The number of carbonyl (C=O) groups is 1. The van der Waals surface area contributed by atoms with E-state index in [0.29, 0.717) is 17.8 Å². The van der Waals surface area contributed by atoms with Gasteiger partial charge >= 0.3 is 5.97 Å². The van der Waals surface area contributed by atoms with Crippen molar-refractivity contribution in [1.82, 2.24) is 15.0 Å². The van der Waals surface area contributed by atoms with Crippen molar-refractivity contribution >= 4 is 5.97 Å². The van der Waals surface area contributed by atoms with Gasteiger partial charge in [0.15, 0.2) is 5.69 Å². The van der Waals surface area contributed by atoms with Crippen molar-refractivity contribution in [3.8, 4) is 6.07 Å². The third-order valence-electron chi connectivity index (χ3n) is 3.14. The first-order valence-corrected chi connectivity index (χ1v) is 6.69. The maximum atomic E-state index is 11.4. The lowest BCUT2D eigenvalue weighted by Crippen LogP contribution is -2.08. The first-order valence-electron chi connectivity index (χ1n) is 6.69. The summed E-state index contributed by atoms with van der Waals surface area (Å²) >= 11 is 0. The van der Waals surface area contributed by atoms with E-state index in [9.17, 15) is 4.79 Å². The molecule has 0 spiro atoms. The van der Waals surface area contributed by atoms with Gasteiger partial charge in [0, 0.05) is 0 Å². The second kappa shape index (κ2) is 6.66. The zero-order chi connectivity index (χ0) is 15.2. The average Bonchev–Trinajstić information content (AvgIpc) is 2.90. The largest absolute Gasteiger partial charge is 0.465 e. The van der Waals surface area contributed by atoms with Crippen LogP contribution >= 0.6 is 0 Å². The highest BCUT2D eigenvalue weighted by molar-refractivity contribution is 5.89. The fraction of sp³-hybridized carbons (Fsp3) is 0.333. The smallest absolute Gasteiger partial charge is 0.337 e. The molecule has 0 saturated heterocycles. The molecule has 0 amide bonds. The summed E-state index contributed by atoms with van der Waals surface area (Å²) in [5.41, 5.74) is 2.71. The van der Waals surface area contributed by atoms with Crippen molar-refractivity contribution in [2.24, 2.45) is 0 Å². The molecular weight excluding hydrogens is 268 g/mol. The lowest BCUT2D eigenvalue weighted by Gasteiger charge is -2.06. The number of carbonyl (C=O) groups excluding carboxylic acids is 1. The molecule has 0 aliphatic heterocycles. The van der Waals surface area contributed by atoms with E-state index in [-0.39, 0.29) is 5.97 Å². The summed E-state index contributed by atoms with van der Waals surface area (Å²) in [4.78, 5) is 11.4. The van der Waals surface area contributed by atoms with Gasteiger partial charge in [-0.2, -0.15) is 5.26 Å². The maximum Gasteiger partial charge on any atom is 0.337 e. The fourth-order valence-electron chi connectivity index (χ4n) is 2.07. The minimum atomic E-state index is -0.360. The Morgan fingerprint density at radius 1 is 1.38 bits per heavy atom. The Hall–Kier alpha value is -2.68. The van der Waals surface area contributed by atoms with Gasteiger partial charge < -0.3 is 4.74 Å². The van der Waals surface area contributed by atoms with E-state index in [1.165, 1.54) is 7.11 Å². The third kappa shape index (κ3) is 3.26. The third-order valence-corrected chi connectivity index (χ3v) is 3.14. The van der Waals surface area contributed by atoms with Crippen LogP contribution in [0.25, 0.3) is 0 Å². The minimum absolute atomic E-state index is 0.360. The van der Waals surface area contributed by atoms with Crippen LogP contribution in [-0.4, -0.2) is 28.1 Å². The highest BCUT2D eigenvalue weighted by Crippen LogP contribution is 2.12. The number of ether oxygens (including phenoxy) is 1. The zero-order valence-electron chi connectivity index (χ0n) is 12.0. The molecule has 0 aliphatic rings. The number of esters is 1. The van der Waals surface area contributed by atoms with Gasteiger partial charge in [0.05, 0.1) is 24.9 Å². The van der Waals surface area contributed by atoms with Crippen LogP contribution in [0.1, 0.15) is 40.7 Å². The van der Waals surface area contributed by atoms with Crippen LogP contribution in [0.2, 0.25) is 0 Å². The quantitative estimate of drug-likeness (QED) is 0.784. The Kier molecular flexibility index (Phi) is 4.67. The van der Waals surface area contributed by atoms with Gasteiger partial charge in [-0.15, -0.1) is 5.10 Å². The number of methoxy groups -OCH3 is 1. The molecule has 1 heterocycles. The van der Waals surface area contributed by atoms with Gasteiger partial charge in [-0.3, -0.25) is 0 Å². The molecule has 2 rings (SSSR count). The maximum absolute atomic E-state index is 11.4. The van der Waals surface area contributed by atoms with Crippen molar-refractivity contribution in [1.29, 1.82) is 5.26 Å². The standard InChI is InChI=1S/C15H16N4O2/c1-3-4-14-13(9-16)17-18-19(14)10-11-5-7-12(8-6-11)15(20)21-2/h5-8H,3-4,10H2,1-2H3. The number of aromatic nitrogens is 3. The van der Waals surface area contributed by atoms with Crippen LogP contribution in [0.3, 0.4) is 0 Å². The predicted molar refractivity (Wildman–Crippen MR) is 75.6 cm³/mol. The predicted octanol–water partition coefficient (Wildman–Crippen LogP) is 1.94. The van der Waals surface area contributed by atoms with Gasteiger partial charge in [-0.1, -0.05) is 30.7 Å². The van der Waals surface area contributed by atoms with Crippen LogP contribution in [0.5, 0.6) is 0 Å². The lowest BCUT2D eigenvalue weighted by atomic mass is 10.1. The van der Waals surface area contributed by atoms with E-state index < -0.39 is 0 Å². The van der Waals surface area contributed by atoms with Crippen LogP contribution < -0.4 is 0 Å². The summed E-state index contributed by atoms with van der Waals surface area (Å²) in [6.07, 6.45) is 1.68. The highest BCUT2D eigenvalue weighted by Gasteiger charge is 2.12. The number of hydrogen-bond donors (Lipinski definition) is 0. The summed E-state index contributed by atoms with van der Waals surface area (Å²) in [5.74, 6) is -0.360. The first kappa shape index (κ1) is 14.7. The Morgan fingerprint density at radius 3 is 2.67 bits per heavy atom. The molecule has 6 heteroatoms. The Morgan fingerprint density at radius 2 is 2.10 bits per heavy atom. The Balaban J connectivity index is 2.20. The van der Waals surface area contributed by atoms with Crippen LogP contribution in [0.4, 0.5) is 0 Å². The minimum Gasteiger partial charge on any atom is -0.465 e. The Bertz CT molecular complexity index is 668. The summed E-state index contributed by atoms with van der Waals surface area (Å²) in [5, 5.41) is 16.9. The molecule has 0 saturated carbocycles. The van der Waals surface area contributed by atoms with Crippen molar-refractivity contribution in [3.05, 3.63) is 46.8 Å². The van der Waals surface area contributed by atoms with Crippen LogP contribution in [0.15, 0.2) is 24.3 Å². The van der Waals surface area contributed by atoms with E-state index in [4.69, 9.17) is 5.26 Å². The van der Waals surface area contributed by atoms with E-state index in [1.807, 2.05) is 19.1 Å². The molecule has 6 nitrogen and oxygen atoms in total. The fourth-order valence-corrected chi connectivity index (χ4v) is 2.07. The molecule has 0 atom stereocenters. The molecule has 0 fully saturated rings. The van der Waals surface area contributed by atoms with Gasteiger partial charge in [-0.25, -0.2) is 9.48 Å². The van der Waals surface area contributed by atoms with Crippen LogP contribution in [-0.2, 0) is 17.7 Å². The summed E-state index contributed by atoms with van der Waals surface area (Å²) in [6, 6.07) is 9.17. The number of rotatable bonds is 5. The van der Waals surface area contributed by atoms with Crippen molar-refractivity contribution in [2.75, 3.05) is 7.11 Å². The molecule has 2 aromatic rings. The molecule has 1 aromatic heterocycles. The average molecular weight is 284 g/mol. The van der Waals surface area contributed by atoms with Gasteiger partial charge in [0.2, 0.25) is 0 Å². The zero-order valence-corrected chi connectivity index (χ0v) is 12.0. The molecule has 0 aliphatic carbocycles. The molecule has 108 valence electrons. The number of nitriles is 1. The van der Waals surface area contributed by atoms with E-state index in [0.717, 1.165) is 24.1 Å². The van der Waals surface area contributed by atoms with Crippen LogP contribution in [0, 0.1) is 11.3 Å². The summed E-state index contributed by atoms with van der Waals surface area (Å²) in [7, 11) is 1.35. The molecule has 0 bridgehead atoms. The van der Waals surface area contributed by atoms with E-state index in [2.05, 4.69) is 21.1 Å². The number of hydrogen-bond acceptors (Lipinski definition) is 5. The molecule has 0 radical (unpaired) electrons. The molecule has 1 aromatic carbocycles. The van der Waals surface area contributed by atoms with Crippen molar-refractivity contribution in [2.45, 2.75) is 26.3 Å². The van der Waals surface area contributed by atoms with Gasteiger partial charge in [-0.05, 0) is 24.1 Å². The molecule has 0 unspecified atom stereocenters. The second-order valence-electron chi connectivity index (χ2n) is 4.59. The number of benzene rings is 1. The SMILES string of the molecule is CCCc1c(C#N)nnn1Cc1ccc(C(=O)OC)cc1. The van der Waals surface area contributed by atoms with Gasteiger partial charge in [0.1, 0.15) is 6.07 Å². The normalized spacial score (nSPS) is 10.1. The van der Waals surface area contributed by atoms with Gasteiger partial charge in [0.25, 0.3) is 0 Å². The topological polar surface area (TPSA) is 80.8 Å². The second-order valence-corrected chi connectivity index (χ2v) is 4.59. The molecule has 0 N–H and O–H groups in total. The van der Waals surface area contributed by atoms with Crippen molar-refractivity contribution in [3.63, 3.8) is 0 Å². The molecular formula is C15H16N4O2. The van der Waals surface area contributed by atoms with Crippen molar-refractivity contribution < 1.29 is 9.53 Å². The summed E-state index contributed by atoms with van der Waals surface area (Å²) < 4.78 is 6.39. The first-order chi connectivity index (χ1) is 10.2. The number of nitrogens with zero attached hydrogens (tertiary/aromatic N) is 4. The monoisotopic (exact) mass is 284 g/mol. The van der Waals surface area contributed by atoms with E-state index in [1.54, 1.807) is 16.8 Å². The summed E-state index contributed by atoms with van der Waals surface area (Å²) in [6.45, 7) is 2.56. The molecule has 21 heavy (non-hydrogen) atoms. The lowest BCUT2D eigenvalue weighted by molar-refractivity contribution is 0.0600. The Labute approximate surface area is 123 Å². The van der Waals surface area contributed by atoms with E-state index >= 15 is 0 Å².